The molecule has 0 bridgehead atoms. The van der Waals surface area contributed by atoms with Gasteiger partial charge in [0, 0.05) is 31.8 Å². The van der Waals surface area contributed by atoms with E-state index in [1.54, 1.807) is 21.3 Å². The molecule has 0 spiro atoms. The number of methoxy groups -OCH3 is 2. The molecule has 0 saturated carbocycles. The first kappa shape index (κ1) is 22.9. The molecule has 1 aliphatic heterocycles. The Kier molecular flexibility index (Phi) is 7.78. The van der Waals surface area contributed by atoms with Crippen molar-refractivity contribution in [3.8, 4) is 22.8 Å². The molecule has 1 N–H and O–H groups in total. The number of nitrogens with one attached hydrogen (secondary N) is 1. The summed E-state index contributed by atoms with van der Waals surface area (Å²) in [7, 11) is 5.12. The minimum absolute atomic E-state index is 0. The van der Waals surface area contributed by atoms with Gasteiger partial charge >= 0.3 is 0 Å². The van der Waals surface area contributed by atoms with Crippen LogP contribution in [0.4, 0.5) is 0 Å². The SMILES string of the molecule is CN=C(NCc1cc(-c2ccccc2)on1)N1CCc2cc(OC)c(OC)cc2C1.I. The average Bonchev–Trinajstić information content (AvgIpc) is 3.28. The van der Waals surface area contributed by atoms with E-state index in [9.17, 15) is 0 Å². The third kappa shape index (κ3) is 5.12. The highest BCUT2D eigenvalue weighted by Gasteiger charge is 2.22. The van der Waals surface area contributed by atoms with Gasteiger partial charge in [0.1, 0.15) is 5.69 Å². The lowest BCUT2D eigenvalue weighted by Gasteiger charge is -2.32. The lowest BCUT2D eigenvalue weighted by Crippen LogP contribution is -2.43. The van der Waals surface area contributed by atoms with Crippen LogP contribution >= 0.6 is 24.0 Å². The van der Waals surface area contributed by atoms with Gasteiger partial charge in [0.2, 0.25) is 0 Å². The summed E-state index contributed by atoms with van der Waals surface area (Å²) in [4.78, 5) is 6.69. The quantitative estimate of drug-likeness (QED) is 0.302. The van der Waals surface area contributed by atoms with Crippen LogP contribution in [0.5, 0.6) is 11.5 Å². The fourth-order valence-electron chi connectivity index (χ4n) is 3.70. The number of fused-ring (bicyclic) bond motifs is 1. The van der Waals surface area contributed by atoms with Crippen molar-refractivity contribution >= 4 is 29.9 Å². The number of halogens is 1. The van der Waals surface area contributed by atoms with Crippen LogP contribution in [0.25, 0.3) is 11.3 Å². The van der Waals surface area contributed by atoms with E-state index in [0.29, 0.717) is 6.54 Å². The van der Waals surface area contributed by atoms with Crippen molar-refractivity contribution < 1.29 is 14.0 Å². The fraction of sp³-hybridized carbons (Fsp3) is 0.304. The van der Waals surface area contributed by atoms with E-state index in [-0.39, 0.29) is 24.0 Å². The molecule has 0 amide bonds. The molecule has 0 atom stereocenters. The molecule has 31 heavy (non-hydrogen) atoms. The summed E-state index contributed by atoms with van der Waals surface area (Å²) < 4.78 is 16.4. The second kappa shape index (κ2) is 10.5. The van der Waals surface area contributed by atoms with E-state index >= 15 is 0 Å². The Morgan fingerprint density at radius 2 is 1.81 bits per heavy atom. The van der Waals surface area contributed by atoms with Crippen LogP contribution in [0.15, 0.2) is 58.0 Å². The average molecular weight is 534 g/mol. The third-order valence-electron chi connectivity index (χ3n) is 5.27. The lowest BCUT2D eigenvalue weighted by molar-refractivity contribution is 0.345. The van der Waals surface area contributed by atoms with Gasteiger partial charge in [0.05, 0.1) is 20.8 Å². The molecule has 3 aromatic rings. The Hall–Kier alpha value is -2.75. The van der Waals surface area contributed by atoms with Crippen LogP contribution in [0.1, 0.15) is 16.8 Å². The number of aromatic nitrogens is 1. The maximum atomic E-state index is 5.49. The predicted octanol–water partition coefficient (Wildman–Crippen LogP) is 4.11. The molecular weight excluding hydrogens is 507 g/mol. The summed E-state index contributed by atoms with van der Waals surface area (Å²) in [6, 6.07) is 16.0. The van der Waals surface area contributed by atoms with E-state index < -0.39 is 0 Å². The Morgan fingerprint density at radius 3 is 2.48 bits per heavy atom. The van der Waals surface area contributed by atoms with Crippen LogP contribution in [0, 0.1) is 0 Å². The molecule has 1 aliphatic rings. The number of benzene rings is 2. The second-order valence-corrected chi connectivity index (χ2v) is 7.10. The zero-order chi connectivity index (χ0) is 20.9. The van der Waals surface area contributed by atoms with Crippen LogP contribution in [0.3, 0.4) is 0 Å². The van der Waals surface area contributed by atoms with Crippen molar-refractivity contribution in [1.82, 2.24) is 15.4 Å². The maximum Gasteiger partial charge on any atom is 0.194 e. The van der Waals surface area contributed by atoms with Gasteiger partial charge in [-0.2, -0.15) is 0 Å². The molecule has 2 aromatic carbocycles. The van der Waals surface area contributed by atoms with Gasteiger partial charge < -0.3 is 24.2 Å². The van der Waals surface area contributed by atoms with Crippen LogP contribution in [-0.2, 0) is 19.5 Å². The first-order valence-electron chi connectivity index (χ1n) is 9.92. The molecule has 4 rings (SSSR count). The number of hydrogen-bond donors (Lipinski definition) is 1. The molecule has 2 heterocycles. The van der Waals surface area contributed by atoms with Gasteiger partial charge in [0.15, 0.2) is 23.2 Å². The van der Waals surface area contributed by atoms with Crippen LogP contribution < -0.4 is 14.8 Å². The van der Waals surface area contributed by atoms with Crippen molar-refractivity contribution in [2.24, 2.45) is 4.99 Å². The fourth-order valence-corrected chi connectivity index (χ4v) is 3.70. The normalized spacial score (nSPS) is 13.3. The summed E-state index contributed by atoms with van der Waals surface area (Å²) in [5, 5.41) is 7.58. The smallest absolute Gasteiger partial charge is 0.194 e. The largest absolute Gasteiger partial charge is 0.493 e. The molecule has 164 valence electrons. The second-order valence-electron chi connectivity index (χ2n) is 7.10. The van der Waals surface area contributed by atoms with Crippen molar-refractivity contribution in [2.75, 3.05) is 27.8 Å². The number of aliphatic imine (C=N–C) groups is 1. The first-order chi connectivity index (χ1) is 14.7. The van der Waals surface area contributed by atoms with Crippen molar-refractivity contribution in [2.45, 2.75) is 19.5 Å². The van der Waals surface area contributed by atoms with Gasteiger partial charge in [-0.1, -0.05) is 35.5 Å². The van der Waals surface area contributed by atoms with E-state index in [1.165, 1.54) is 11.1 Å². The highest BCUT2D eigenvalue weighted by atomic mass is 127. The van der Waals surface area contributed by atoms with Crippen molar-refractivity contribution in [3.63, 3.8) is 0 Å². The minimum Gasteiger partial charge on any atom is -0.493 e. The molecule has 8 heteroatoms. The minimum atomic E-state index is 0. The highest BCUT2D eigenvalue weighted by molar-refractivity contribution is 14.0. The van der Waals surface area contributed by atoms with Gasteiger partial charge in [-0.15, -0.1) is 24.0 Å². The zero-order valence-corrected chi connectivity index (χ0v) is 20.3. The lowest BCUT2D eigenvalue weighted by atomic mass is 9.99. The molecule has 1 aromatic heterocycles. The summed E-state index contributed by atoms with van der Waals surface area (Å²) in [5.41, 5.74) is 4.34. The Balaban J connectivity index is 0.00000272. The Morgan fingerprint density at radius 1 is 1.10 bits per heavy atom. The Labute approximate surface area is 199 Å². The van der Waals surface area contributed by atoms with E-state index in [4.69, 9.17) is 14.0 Å². The number of rotatable bonds is 5. The Bertz CT molecular complexity index is 1040. The summed E-state index contributed by atoms with van der Waals surface area (Å²) in [6.07, 6.45) is 0.915. The van der Waals surface area contributed by atoms with Gasteiger partial charge in [0.25, 0.3) is 0 Å². The summed E-state index contributed by atoms with van der Waals surface area (Å²) >= 11 is 0. The first-order valence-corrected chi connectivity index (χ1v) is 9.92. The van der Waals surface area contributed by atoms with Crippen molar-refractivity contribution in [3.05, 3.63) is 65.4 Å². The highest BCUT2D eigenvalue weighted by Crippen LogP contribution is 2.33. The molecule has 0 saturated heterocycles. The van der Waals surface area contributed by atoms with Gasteiger partial charge in [-0.3, -0.25) is 4.99 Å². The van der Waals surface area contributed by atoms with Gasteiger partial charge in [-0.05, 0) is 29.7 Å². The monoisotopic (exact) mass is 534 g/mol. The number of nitrogens with zero attached hydrogens (tertiary/aromatic N) is 3. The predicted molar refractivity (Wildman–Crippen MR) is 131 cm³/mol. The molecule has 0 unspecified atom stereocenters. The zero-order valence-electron chi connectivity index (χ0n) is 17.9. The standard InChI is InChI=1S/C23H26N4O3.HI/c1-24-23(25-14-19-13-20(30-26-19)16-7-5-4-6-8-16)27-10-9-17-11-21(28-2)22(29-3)12-18(17)15-27;/h4-8,11-13H,9-10,14-15H2,1-3H3,(H,24,25);1H. The van der Waals surface area contributed by atoms with Crippen LogP contribution in [-0.4, -0.2) is 43.8 Å². The molecule has 0 radical (unpaired) electrons. The molecule has 7 nitrogen and oxygen atoms in total. The van der Waals surface area contributed by atoms with Crippen LogP contribution in [0.2, 0.25) is 0 Å². The number of ether oxygens (including phenoxy) is 2. The molecule has 0 fully saturated rings. The van der Waals surface area contributed by atoms with Gasteiger partial charge in [-0.25, -0.2) is 0 Å². The van der Waals surface area contributed by atoms with E-state index in [0.717, 1.165) is 54.0 Å². The number of hydrogen-bond acceptors (Lipinski definition) is 5. The number of guanidine groups is 1. The summed E-state index contributed by atoms with van der Waals surface area (Å²) in [6.45, 7) is 2.16. The third-order valence-corrected chi connectivity index (χ3v) is 5.27. The van der Waals surface area contributed by atoms with E-state index in [2.05, 4.69) is 32.5 Å². The summed E-state index contributed by atoms with van der Waals surface area (Å²) in [5.74, 6) is 3.11. The topological polar surface area (TPSA) is 72.1 Å². The van der Waals surface area contributed by atoms with E-state index in [1.807, 2.05) is 36.4 Å². The maximum absolute atomic E-state index is 5.49. The van der Waals surface area contributed by atoms with Crippen molar-refractivity contribution in [1.29, 1.82) is 0 Å². The molecule has 0 aliphatic carbocycles. The molecular formula is C23H27IN4O3.